The van der Waals surface area contributed by atoms with Crippen molar-refractivity contribution < 1.29 is 15.0 Å². The first-order valence-corrected chi connectivity index (χ1v) is 5.60. The van der Waals surface area contributed by atoms with E-state index in [1.54, 1.807) is 6.07 Å². The van der Waals surface area contributed by atoms with Crippen molar-refractivity contribution >= 4 is 17.6 Å². The molecule has 0 heterocycles. The lowest BCUT2D eigenvalue weighted by atomic mass is 9.94. The Kier molecular flexibility index (Phi) is 4.19. The zero-order valence-corrected chi connectivity index (χ0v) is 10.1. The van der Waals surface area contributed by atoms with E-state index in [-0.39, 0.29) is 22.3 Å². The first-order chi connectivity index (χ1) is 7.47. The number of hydrogen-bond acceptors (Lipinski definition) is 2. The van der Waals surface area contributed by atoms with Crippen molar-refractivity contribution in [2.45, 2.75) is 32.6 Å². The summed E-state index contributed by atoms with van der Waals surface area (Å²) in [7, 11) is 0. The van der Waals surface area contributed by atoms with Crippen molar-refractivity contribution in [3.8, 4) is 5.75 Å². The van der Waals surface area contributed by atoms with Gasteiger partial charge in [0.05, 0.1) is 5.02 Å². The largest absolute Gasteiger partial charge is 0.505 e. The second-order valence-corrected chi connectivity index (χ2v) is 4.30. The molecule has 0 aliphatic carbocycles. The second-order valence-electron chi connectivity index (χ2n) is 3.89. The van der Waals surface area contributed by atoms with Gasteiger partial charge in [0.1, 0.15) is 11.3 Å². The molecule has 88 valence electrons. The van der Waals surface area contributed by atoms with Crippen LogP contribution in [0.2, 0.25) is 5.02 Å². The second kappa shape index (κ2) is 5.21. The van der Waals surface area contributed by atoms with E-state index in [0.29, 0.717) is 0 Å². The molecule has 0 aliphatic rings. The Balaban J connectivity index is 3.18. The van der Waals surface area contributed by atoms with Crippen LogP contribution in [0.5, 0.6) is 5.75 Å². The quantitative estimate of drug-likeness (QED) is 0.847. The lowest BCUT2D eigenvalue weighted by Gasteiger charge is -2.13. The maximum atomic E-state index is 10.9. The van der Waals surface area contributed by atoms with Crippen LogP contribution in [0.25, 0.3) is 0 Å². The Morgan fingerprint density at radius 2 is 2.12 bits per heavy atom. The molecular formula is C12H15ClO3. The number of benzene rings is 1. The van der Waals surface area contributed by atoms with E-state index in [9.17, 15) is 9.90 Å². The molecule has 0 aromatic heterocycles. The van der Waals surface area contributed by atoms with E-state index in [4.69, 9.17) is 16.7 Å². The van der Waals surface area contributed by atoms with Gasteiger partial charge < -0.3 is 10.2 Å². The summed E-state index contributed by atoms with van der Waals surface area (Å²) >= 11 is 5.79. The molecular weight excluding hydrogens is 228 g/mol. The molecule has 1 rings (SSSR count). The van der Waals surface area contributed by atoms with Crippen LogP contribution in [0, 0.1) is 0 Å². The van der Waals surface area contributed by atoms with E-state index in [2.05, 4.69) is 6.92 Å². The first kappa shape index (κ1) is 12.8. The van der Waals surface area contributed by atoms with Crippen LogP contribution < -0.4 is 0 Å². The summed E-state index contributed by atoms with van der Waals surface area (Å²) in [4.78, 5) is 10.9. The van der Waals surface area contributed by atoms with Crippen LogP contribution in [0.1, 0.15) is 48.5 Å². The fourth-order valence-electron chi connectivity index (χ4n) is 1.67. The lowest BCUT2D eigenvalue weighted by molar-refractivity contribution is 0.0693. The van der Waals surface area contributed by atoms with Crippen LogP contribution in [-0.2, 0) is 0 Å². The summed E-state index contributed by atoms with van der Waals surface area (Å²) in [5.41, 5.74) is 0.715. The topological polar surface area (TPSA) is 57.5 Å². The van der Waals surface area contributed by atoms with Gasteiger partial charge in [0, 0.05) is 0 Å². The Morgan fingerprint density at radius 3 is 2.62 bits per heavy atom. The summed E-state index contributed by atoms with van der Waals surface area (Å²) in [5.74, 6) is -1.28. The molecule has 0 radical (unpaired) electrons. The first-order valence-electron chi connectivity index (χ1n) is 5.23. The van der Waals surface area contributed by atoms with Crippen LogP contribution in [0.3, 0.4) is 0 Å². The average Bonchev–Trinajstić information content (AvgIpc) is 2.21. The van der Waals surface area contributed by atoms with Crippen molar-refractivity contribution in [2.75, 3.05) is 0 Å². The molecule has 1 unspecified atom stereocenters. The SMILES string of the molecule is CCCC(C)c1cc(Cl)c(O)c(C(=O)O)c1. The van der Waals surface area contributed by atoms with Crippen molar-refractivity contribution in [1.82, 2.24) is 0 Å². The summed E-state index contributed by atoms with van der Waals surface area (Å²) in [6, 6.07) is 3.12. The highest BCUT2D eigenvalue weighted by molar-refractivity contribution is 6.32. The Labute approximate surface area is 99.7 Å². The van der Waals surface area contributed by atoms with Crippen molar-refractivity contribution in [3.63, 3.8) is 0 Å². The summed E-state index contributed by atoms with van der Waals surface area (Å²) in [6.07, 6.45) is 1.97. The van der Waals surface area contributed by atoms with E-state index in [0.717, 1.165) is 18.4 Å². The minimum Gasteiger partial charge on any atom is -0.505 e. The molecule has 1 atom stereocenters. The van der Waals surface area contributed by atoms with Crippen LogP contribution in [0.15, 0.2) is 12.1 Å². The monoisotopic (exact) mass is 242 g/mol. The highest BCUT2D eigenvalue weighted by atomic mass is 35.5. The maximum Gasteiger partial charge on any atom is 0.339 e. The van der Waals surface area contributed by atoms with Crippen molar-refractivity contribution in [1.29, 1.82) is 0 Å². The minimum atomic E-state index is -1.16. The zero-order valence-electron chi connectivity index (χ0n) is 9.33. The molecule has 1 aromatic carbocycles. The van der Waals surface area contributed by atoms with Crippen molar-refractivity contribution in [3.05, 3.63) is 28.3 Å². The number of halogens is 1. The smallest absolute Gasteiger partial charge is 0.339 e. The third-order valence-electron chi connectivity index (χ3n) is 2.61. The van der Waals surface area contributed by atoms with Crippen LogP contribution in [0.4, 0.5) is 0 Å². The molecule has 1 aromatic rings. The van der Waals surface area contributed by atoms with Gasteiger partial charge in [-0.1, -0.05) is 31.9 Å². The Morgan fingerprint density at radius 1 is 1.50 bits per heavy atom. The number of carbonyl (C=O) groups is 1. The summed E-state index contributed by atoms with van der Waals surface area (Å²) in [5, 5.41) is 18.5. The fraction of sp³-hybridized carbons (Fsp3) is 0.417. The van der Waals surface area contributed by atoms with Gasteiger partial charge in [-0.2, -0.15) is 0 Å². The number of carboxylic acids is 1. The molecule has 0 bridgehead atoms. The molecule has 4 heteroatoms. The molecule has 0 amide bonds. The number of aromatic carboxylic acids is 1. The summed E-state index contributed by atoms with van der Waals surface area (Å²) < 4.78 is 0. The predicted octanol–water partition coefficient (Wildman–Crippen LogP) is 3.65. The van der Waals surface area contributed by atoms with Crippen molar-refractivity contribution in [2.24, 2.45) is 0 Å². The maximum absolute atomic E-state index is 10.9. The summed E-state index contributed by atoms with van der Waals surface area (Å²) in [6.45, 7) is 4.08. The number of phenols is 1. The van der Waals surface area contributed by atoms with Gasteiger partial charge in [0.2, 0.25) is 0 Å². The van der Waals surface area contributed by atoms with Gasteiger partial charge >= 0.3 is 5.97 Å². The minimum absolute atomic E-state index is 0.0952. The third-order valence-corrected chi connectivity index (χ3v) is 2.89. The molecule has 3 nitrogen and oxygen atoms in total. The van der Waals surface area contributed by atoms with Gasteiger partial charge in [-0.25, -0.2) is 4.79 Å². The molecule has 0 saturated heterocycles. The van der Waals surface area contributed by atoms with Crippen LogP contribution in [-0.4, -0.2) is 16.2 Å². The molecule has 0 aliphatic heterocycles. The predicted molar refractivity (Wildman–Crippen MR) is 63.4 cm³/mol. The highest BCUT2D eigenvalue weighted by Gasteiger charge is 2.16. The number of carboxylic acid groups (broad SMARTS) is 1. The number of hydrogen-bond donors (Lipinski definition) is 2. The third kappa shape index (κ3) is 2.67. The molecule has 0 saturated carbocycles. The van der Waals surface area contributed by atoms with Gasteiger partial charge in [-0.3, -0.25) is 0 Å². The van der Waals surface area contributed by atoms with Gasteiger partial charge in [-0.15, -0.1) is 0 Å². The van der Waals surface area contributed by atoms with Gasteiger partial charge in [0.25, 0.3) is 0 Å². The fourth-order valence-corrected chi connectivity index (χ4v) is 1.90. The number of rotatable bonds is 4. The highest BCUT2D eigenvalue weighted by Crippen LogP contribution is 2.33. The lowest BCUT2D eigenvalue weighted by Crippen LogP contribution is -2.01. The molecule has 0 fully saturated rings. The van der Waals surface area contributed by atoms with E-state index in [1.165, 1.54) is 6.07 Å². The van der Waals surface area contributed by atoms with Crippen LogP contribution >= 0.6 is 11.6 Å². The molecule has 0 spiro atoms. The Bertz CT molecular complexity index is 401. The normalized spacial score (nSPS) is 12.4. The van der Waals surface area contributed by atoms with E-state index >= 15 is 0 Å². The number of aromatic hydroxyl groups is 1. The van der Waals surface area contributed by atoms with Gasteiger partial charge in [0.15, 0.2) is 0 Å². The molecule has 16 heavy (non-hydrogen) atoms. The Hall–Kier alpha value is -1.22. The zero-order chi connectivity index (χ0) is 12.3. The molecule has 2 N–H and O–H groups in total. The standard InChI is InChI=1S/C12H15ClO3/c1-3-4-7(2)8-5-9(12(15)16)11(14)10(13)6-8/h5-7,14H,3-4H2,1-2H3,(H,15,16). The van der Waals surface area contributed by atoms with E-state index < -0.39 is 5.97 Å². The van der Waals surface area contributed by atoms with E-state index in [1.807, 2.05) is 6.92 Å². The van der Waals surface area contributed by atoms with Gasteiger partial charge in [-0.05, 0) is 30.0 Å². The average molecular weight is 243 g/mol.